The Morgan fingerprint density at radius 2 is 2.00 bits per heavy atom. The number of nitrogens with one attached hydrogen (secondary N) is 1. The standard InChI is InChI=1S/C12H11N3O3/c1-18-9-4-2-8(3-5-9)14-12-13-7-6-10(15-12)11(16)17/h2-7H,1H3,(H,16,17)(H,13,14,15). The van der Waals surface area contributed by atoms with Gasteiger partial charge in [-0.25, -0.2) is 14.8 Å². The first-order valence-electron chi connectivity index (χ1n) is 5.16. The van der Waals surface area contributed by atoms with Crippen LogP contribution in [0.15, 0.2) is 36.5 Å². The molecule has 0 saturated heterocycles. The Bertz CT molecular complexity index is 555. The molecule has 0 saturated carbocycles. The van der Waals surface area contributed by atoms with Crippen molar-refractivity contribution in [3.8, 4) is 5.75 Å². The molecule has 1 aromatic carbocycles. The fourth-order valence-electron chi connectivity index (χ4n) is 1.34. The van der Waals surface area contributed by atoms with Crippen LogP contribution in [0.4, 0.5) is 11.6 Å². The lowest BCUT2D eigenvalue weighted by molar-refractivity contribution is 0.0690. The predicted molar refractivity (Wildman–Crippen MR) is 65.3 cm³/mol. The van der Waals surface area contributed by atoms with E-state index >= 15 is 0 Å². The monoisotopic (exact) mass is 245 g/mol. The molecule has 0 bridgehead atoms. The van der Waals surface area contributed by atoms with Gasteiger partial charge in [0.25, 0.3) is 0 Å². The third-order valence-electron chi connectivity index (χ3n) is 2.22. The quantitative estimate of drug-likeness (QED) is 0.856. The molecule has 0 aliphatic carbocycles. The van der Waals surface area contributed by atoms with Crippen LogP contribution in [0.1, 0.15) is 10.5 Å². The third-order valence-corrected chi connectivity index (χ3v) is 2.22. The van der Waals surface area contributed by atoms with Crippen LogP contribution in [-0.4, -0.2) is 28.2 Å². The third kappa shape index (κ3) is 2.73. The summed E-state index contributed by atoms with van der Waals surface area (Å²) < 4.78 is 5.03. The second-order valence-electron chi connectivity index (χ2n) is 3.42. The van der Waals surface area contributed by atoms with Crippen LogP contribution >= 0.6 is 0 Å². The Labute approximate surface area is 103 Å². The highest BCUT2D eigenvalue weighted by Gasteiger charge is 2.06. The lowest BCUT2D eigenvalue weighted by atomic mass is 10.3. The number of carboxylic acids is 1. The Morgan fingerprint density at radius 3 is 2.61 bits per heavy atom. The van der Waals surface area contributed by atoms with Crippen LogP contribution in [0.2, 0.25) is 0 Å². The van der Waals surface area contributed by atoms with Gasteiger partial charge in [-0.2, -0.15) is 0 Å². The molecule has 0 unspecified atom stereocenters. The number of hydrogen-bond donors (Lipinski definition) is 2. The van der Waals surface area contributed by atoms with Gasteiger partial charge in [-0.1, -0.05) is 0 Å². The van der Waals surface area contributed by atoms with Gasteiger partial charge in [0.05, 0.1) is 7.11 Å². The van der Waals surface area contributed by atoms with Gasteiger partial charge in [-0.05, 0) is 30.3 Å². The van der Waals surface area contributed by atoms with Crippen molar-refractivity contribution in [2.24, 2.45) is 0 Å². The zero-order chi connectivity index (χ0) is 13.0. The van der Waals surface area contributed by atoms with Gasteiger partial charge in [0.1, 0.15) is 5.75 Å². The SMILES string of the molecule is COc1ccc(Nc2nccc(C(=O)O)n2)cc1. The molecule has 0 spiro atoms. The van der Waals surface area contributed by atoms with Crippen molar-refractivity contribution < 1.29 is 14.6 Å². The molecule has 2 aromatic rings. The first-order valence-corrected chi connectivity index (χ1v) is 5.16. The van der Waals surface area contributed by atoms with Gasteiger partial charge in [-0.3, -0.25) is 0 Å². The van der Waals surface area contributed by atoms with Gasteiger partial charge in [0.2, 0.25) is 5.95 Å². The topological polar surface area (TPSA) is 84.3 Å². The average molecular weight is 245 g/mol. The summed E-state index contributed by atoms with van der Waals surface area (Å²) in [4.78, 5) is 18.6. The van der Waals surface area contributed by atoms with E-state index in [1.807, 2.05) is 0 Å². The van der Waals surface area contributed by atoms with Crippen molar-refractivity contribution in [2.75, 3.05) is 12.4 Å². The van der Waals surface area contributed by atoms with Gasteiger partial charge in [0, 0.05) is 11.9 Å². The molecule has 0 fully saturated rings. The first-order chi connectivity index (χ1) is 8.69. The summed E-state index contributed by atoms with van der Waals surface area (Å²) >= 11 is 0. The maximum Gasteiger partial charge on any atom is 0.354 e. The predicted octanol–water partition coefficient (Wildman–Crippen LogP) is 1.93. The minimum Gasteiger partial charge on any atom is -0.497 e. The lowest BCUT2D eigenvalue weighted by Gasteiger charge is -2.05. The Balaban J connectivity index is 2.17. The molecule has 0 aliphatic rings. The van der Waals surface area contributed by atoms with Crippen LogP contribution in [0.5, 0.6) is 5.75 Å². The summed E-state index contributed by atoms with van der Waals surface area (Å²) in [5.74, 6) is -0.115. The number of hydrogen-bond acceptors (Lipinski definition) is 5. The van der Waals surface area contributed by atoms with Crippen molar-refractivity contribution >= 4 is 17.6 Å². The van der Waals surface area contributed by atoms with E-state index in [-0.39, 0.29) is 11.6 Å². The van der Waals surface area contributed by atoms with Crippen molar-refractivity contribution in [1.82, 2.24) is 9.97 Å². The molecule has 6 heteroatoms. The maximum absolute atomic E-state index is 10.8. The van der Waals surface area contributed by atoms with Crippen molar-refractivity contribution in [2.45, 2.75) is 0 Å². The van der Waals surface area contributed by atoms with Crippen molar-refractivity contribution in [1.29, 1.82) is 0 Å². The number of nitrogens with zero attached hydrogens (tertiary/aromatic N) is 2. The normalized spacial score (nSPS) is 9.83. The Morgan fingerprint density at radius 1 is 1.28 bits per heavy atom. The molecule has 0 radical (unpaired) electrons. The number of aromatic nitrogens is 2. The van der Waals surface area contributed by atoms with Gasteiger partial charge >= 0.3 is 5.97 Å². The van der Waals surface area contributed by atoms with E-state index in [0.717, 1.165) is 11.4 Å². The molecule has 92 valence electrons. The number of carbonyl (C=O) groups is 1. The zero-order valence-electron chi connectivity index (χ0n) is 9.62. The first kappa shape index (κ1) is 11.8. The van der Waals surface area contributed by atoms with Gasteiger partial charge in [0.15, 0.2) is 5.69 Å². The summed E-state index contributed by atoms with van der Waals surface area (Å²) in [6, 6.07) is 8.47. The van der Waals surface area contributed by atoms with Crippen LogP contribution in [0.25, 0.3) is 0 Å². The smallest absolute Gasteiger partial charge is 0.354 e. The Hall–Kier alpha value is -2.63. The molecule has 6 nitrogen and oxygen atoms in total. The summed E-state index contributed by atoms with van der Waals surface area (Å²) in [6.07, 6.45) is 1.39. The van der Waals surface area contributed by atoms with Gasteiger partial charge in [-0.15, -0.1) is 0 Å². The van der Waals surface area contributed by atoms with E-state index in [4.69, 9.17) is 9.84 Å². The second-order valence-corrected chi connectivity index (χ2v) is 3.42. The molecule has 1 aromatic heterocycles. The lowest BCUT2D eigenvalue weighted by Crippen LogP contribution is -2.04. The largest absolute Gasteiger partial charge is 0.497 e. The van der Waals surface area contributed by atoms with Crippen LogP contribution in [0.3, 0.4) is 0 Å². The highest BCUT2D eigenvalue weighted by Crippen LogP contribution is 2.17. The van der Waals surface area contributed by atoms with Gasteiger partial charge < -0.3 is 15.2 Å². The average Bonchev–Trinajstić information content (AvgIpc) is 2.40. The number of carboxylic acid groups (broad SMARTS) is 1. The molecule has 0 aliphatic heterocycles. The van der Waals surface area contributed by atoms with Crippen LogP contribution in [0, 0.1) is 0 Å². The highest BCUT2D eigenvalue weighted by molar-refractivity contribution is 5.85. The minimum absolute atomic E-state index is 0.0546. The van der Waals surface area contributed by atoms with E-state index < -0.39 is 5.97 Å². The fourth-order valence-corrected chi connectivity index (χ4v) is 1.34. The van der Waals surface area contributed by atoms with E-state index in [0.29, 0.717) is 0 Å². The summed E-state index contributed by atoms with van der Waals surface area (Å²) in [5.41, 5.74) is 0.694. The number of anilines is 2. The van der Waals surface area contributed by atoms with Crippen molar-refractivity contribution in [3.05, 3.63) is 42.2 Å². The highest BCUT2D eigenvalue weighted by atomic mass is 16.5. The molecular weight excluding hydrogens is 234 g/mol. The molecule has 0 amide bonds. The molecule has 18 heavy (non-hydrogen) atoms. The number of aromatic carboxylic acids is 1. The Kier molecular flexibility index (Phi) is 3.38. The van der Waals surface area contributed by atoms with E-state index in [1.54, 1.807) is 31.4 Å². The summed E-state index contributed by atoms with van der Waals surface area (Å²) in [5, 5.41) is 11.7. The zero-order valence-corrected chi connectivity index (χ0v) is 9.62. The molecule has 2 rings (SSSR count). The minimum atomic E-state index is -1.09. The number of benzene rings is 1. The second kappa shape index (κ2) is 5.13. The van der Waals surface area contributed by atoms with E-state index in [2.05, 4.69) is 15.3 Å². The van der Waals surface area contributed by atoms with E-state index in [1.165, 1.54) is 12.3 Å². The molecule has 0 atom stereocenters. The molecule has 1 heterocycles. The van der Waals surface area contributed by atoms with Crippen LogP contribution in [-0.2, 0) is 0 Å². The van der Waals surface area contributed by atoms with Crippen molar-refractivity contribution in [3.63, 3.8) is 0 Å². The maximum atomic E-state index is 10.8. The summed E-state index contributed by atoms with van der Waals surface area (Å²) in [7, 11) is 1.59. The fraction of sp³-hybridized carbons (Fsp3) is 0.0833. The summed E-state index contributed by atoms with van der Waals surface area (Å²) in [6.45, 7) is 0. The van der Waals surface area contributed by atoms with E-state index in [9.17, 15) is 4.79 Å². The molecular formula is C12H11N3O3. The number of ether oxygens (including phenoxy) is 1. The number of rotatable bonds is 4. The number of methoxy groups -OCH3 is 1. The van der Waals surface area contributed by atoms with Crippen LogP contribution < -0.4 is 10.1 Å². The molecule has 2 N–H and O–H groups in total.